The van der Waals surface area contributed by atoms with Gasteiger partial charge in [0.2, 0.25) is 11.8 Å². The number of anilines is 1. The van der Waals surface area contributed by atoms with E-state index >= 15 is 0 Å². The molecule has 2 aromatic carbocycles. The summed E-state index contributed by atoms with van der Waals surface area (Å²) in [5, 5.41) is 5.86. The number of alkyl halides is 3. The second kappa shape index (κ2) is 10.9. The number of aryl methyl sites for hydroxylation is 3. The number of benzene rings is 2. The number of unbranched alkanes of at least 4 members (excludes halogenated alkanes) is 1. The SMILES string of the molecule is CCCCn1c(SCC(=O)NCC(=O)Nc2c(C)cccc2C)nc2cc(C(F)(F)F)ccc21. The van der Waals surface area contributed by atoms with Crippen molar-refractivity contribution in [3.05, 3.63) is 53.1 Å². The Morgan fingerprint density at radius 3 is 2.44 bits per heavy atom. The van der Waals surface area contributed by atoms with Crippen molar-refractivity contribution in [1.82, 2.24) is 14.9 Å². The van der Waals surface area contributed by atoms with Crippen LogP contribution in [0.3, 0.4) is 0 Å². The molecule has 2 amide bonds. The van der Waals surface area contributed by atoms with Crippen LogP contribution in [0, 0.1) is 13.8 Å². The number of carbonyl (C=O) groups excluding carboxylic acids is 2. The van der Waals surface area contributed by atoms with Crippen molar-refractivity contribution in [2.24, 2.45) is 0 Å². The van der Waals surface area contributed by atoms with Crippen LogP contribution in [0.25, 0.3) is 11.0 Å². The molecule has 0 unspecified atom stereocenters. The van der Waals surface area contributed by atoms with Crippen LogP contribution in [0.4, 0.5) is 18.9 Å². The molecule has 0 aliphatic carbocycles. The molecular formula is C24H27F3N4O2S. The lowest BCUT2D eigenvalue weighted by Crippen LogP contribution is -2.34. The second-order valence-electron chi connectivity index (χ2n) is 7.98. The lowest BCUT2D eigenvalue weighted by Gasteiger charge is -2.12. The second-order valence-corrected chi connectivity index (χ2v) is 8.92. The van der Waals surface area contributed by atoms with Crippen LogP contribution in [-0.4, -0.2) is 33.7 Å². The molecule has 6 nitrogen and oxygen atoms in total. The summed E-state index contributed by atoms with van der Waals surface area (Å²) in [5.74, 6) is -0.726. The highest BCUT2D eigenvalue weighted by molar-refractivity contribution is 7.99. The molecular weight excluding hydrogens is 465 g/mol. The highest BCUT2D eigenvalue weighted by atomic mass is 32.2. The van der Waals surface area contributed by atoms with Crippen molar-refractivity contribution >= 4 is 40.3 Å². The molecule has 0 atom stereocenters. The van der Waals surface area contributed by atoms with Crippen LogP contribution < -0.4 is 10.6 Å². The van der Waals surface area contributed by atoms with E-state index in [0.717, 1.165) is 53.6 Å². The minimum atomic E-state index is -4.45. The first-order valence-corrected chi connectivity index (χ1v) is 11.9. The molecule has 1 aromatic heterocycles. The molecule has 3 rings (SSSR count). The Balaban J connectivity index is 1.64. The van der Waals surface area contributed by atoms with E-state index in [4.69, 9.17) is 0 Å². The first kappa shape index (κ1) is 25.6. The van der Waals surface area contributed by atoms with E-state index in [1.165, 1.54) is 6.07 Å². The molecule has 0 aliphatic heterocycles. The zero-order chi connectivity index (χ0) is 24.9. The van der Waals surface area contributed by atoms with Crippen molar-refractivity contribution < 1.29 is 22.8 Å². The van der Waals surface area contributed by atoms with E-state index in [1.54, 1.807) is 0 Å². The number of hydrogen-bond acceptors (Lipinski definition) is 4. The van der Waals surface area contributed by atoms with Crippen LogP contribution in [-0.2, 0) is 22.3 Å². The molecule has 1 heterocycles. The third-order valence-electron chi connectivity index (χ3n) is 5.30. The molecule has 0 saturated heterocycles. The molecule has 2 N–H and O–H groups in total. The number of fused-ring (bicyclic) bond motifs is 1. The van der Waals surface area contributed by atoms with Gasteiger partial charge in [0.25, 0.3) is 0 Å². The molecule has 10 heteroatoms. The Morgan fingerprint density at radius 1 is 1.09 bits per heavy atom. The third-order valence-corrected chi connectivity index (χ3v) is 6.28. The first-order chi connectivity index (χ1) is 16.1. The minimum absolute atomic E-state index is 0.0156. The molecule has 0 fully saturated rings. The zero-order valence-electron chi connectivity index (χ0n) is 19.3. The minimum Gasteiger partial charge on any atom is -0.346 e. The van der Waals surface area contributed by atoms with Crippen molar-refractivity contribution in [2.75, 3.05) is 17.6 Å². The maximum absolute atomic E-state index is 13.1. The molecule has 0 aliphatic rings. The van der Waals surface area contributed by atoms with Crippen LogP contribution >= 0.6 is 11.8 Å². The number of imidazole rings is 1. The van der Waals surface area contributed by atoms with E-state index in [9.17, 15) is 22.8 Å². The number of nitrogens with zero attached hydrogens (tertiary/aromatic N) is 2. The lowest BCUT2D eigenvalue weighted by molar-refractivity contribution is -0.137. The van der Waals surface area contributed by atoms with Gasteiger partial charge in [0.15, 0.2) is 5.16 Å². The number of hydrogen-bond donors (Lipinski definition) is 2. The van der Waals surface area contributed by atoms with Gasteiger partial charge in [0.1, 0.15) is 0 Å². The smallest absolute Gasteiger partial charge is 0.346 e. The average Bonchev–Trinajstić information content (AvgIpc) is 3.13. The van der Waals surface area contributed by atoms with Crippen LogP contribution in [0.15, 0.2) is 41.6 Å². The fourth-order valence-corrected chi connectivity index (χ4v) is 4.35. The maximum Gasteiger partial charge on any atom is 0.416 e. The molecule has 182 valence electrons. The monoisotopic (exact) mass is 492 g/mol. The van der Waals surface area contributed by atoms with E-state index in [0.29, 0.717) is 17.2 Å². The Labute approximate surface area is 200 Å². The predicted molar refractivity (Wildman–Crippen MR) is 128 cm³/mol. The van der Waals surface area contributed by atoms with E-state index in [1.807, 2.05) is 43.5 Å². The summed E-state index contributed by atoms with van der Waals surface area (Å²) in [6.45, 7) is 6.19. The average molecular weight is 493 g/mol. The van der Waals surface area contributed by atoms with Gasteiger partial charge in [-0.3, -0.25) is 9.59 Å². The fourth-order valence-electron chi connectivity index (χ4n) is 3.48. The van der Waals surface area contributed by atoms with Crippen LogP contribution in [0.5, 0.6) is 0 Å². The van der Waals surface area contributed by atoms with Gasteiger partial charge in [0.05, 0.1) is 28.9 Å². The van der Waals surface area contributed by atoms with Gasteiger partial charge in [-0.25, -0.2) is 4.98 Å². The number of carbonyl (C=O) groups is 2. The maximum atomic E-state index is 13.1. The van der Waals surface area contributed by atoms with Crippen LogP contribution in [0.1, 0.15) is 36.5 Å². The number of nitrogens with one attached hydrogen (secondary N) is 2. The van der Waals surface area contributed by atoms with E-state index in [-0.39, 0.29) is 29.6 Å². The molecule has 0 spiro atoms. The van der Waals surface area contributed by atoms with Gasteiger partial charge < -0.3 is 15.2 Å². The van der Waals surface area contributed by atoms with Gasteiger partial charge in [-0.15, -0.1) is 0 Å². The lowest BCUT2D eigenvalue weighted by atomic mass is 10.1. The van der Waals surface area contributed by atoms with Gasteiger partial charge in [-0.2, -0.15) is 13.2 Å². The van der Waals surface area contributed by atoms with Crippen molar-refractivity contribution in [1.29, 1.82) is 0 Å². The zero-order valence-corrected chi connectivity index (χ0v) is 20.1. The summed E-state index contributed by atoms with van der Waals surface area (Å²) >= 11 is 1.13. The number of amides is 2. The van der Waals surface area contributed by atoms with Crippen molar-refractivity contribution in [3.63, 3.8) is 0 Å². The summed E-state index contributed by atoms with van der Waals surface area (Å²) in [7, 11) is 0. The first-order valence-electron chi connectivity index (χ1n) is 10.9. The van der Waals surface area contributed by atoms with Gasteiger partial charge in [-0.05, 0) is 49.6 Å². The molecule has 34 heavy (non-hydrogen) atoms. The normalized spacial score (nSPS) is 11.6. The fraction of sp³-hybridized carbons (Fsp3) is 0.375. The molecule has 0 saturated carbocycles. The molecule has 0 bridgehead atoms. The number of rotatable bonds is 9. The summed E-state index contributed by atoms with van der Waals surface area (Å²) in [6, 6.07) is 9.17. The summed E-state index contributed by atoms with van der Waals surface area (Å²) < 4.78 is 41.1. The Bertz CT molecular complexity index is 1170. The third kappa shape index (κ3) is 6.31. The van der Waals surface area contributed by atoms with Gasteiger partial charge in [0, 0.05) is 12.2 Å². The highest BCUT2D eigenvalue weighted by Crippen LogP contribution is 2.33. The standard InChI is InChI=1S/C24H27F3N4O2S/c1-4-5-11-31-19-10-9-17(24(25,26)27)12-18(19)29-23(31)34-14-21(33)28-13-20(32)30-22-15(2)7-6-8-16(22)3/h6-10,12H,4-5,11,13-14H2,1-3H3,(H,28,33)(H,30,32). The van der Waals surface area contributed by atoms with Gasteiger partial charge in [-0.1, -0.05) is 43.3 Å². The van der Waals surface area contributed by atoms with Gasteiger partial charge >= 0.3 is 6.18 Å². The summed E-state index contributed by atoms with van der Waals surface area (Å²) in [4.78, 5) is 28.9. The molecule has 0 radical (unpaired) electrons. The largest absolute Gasteiger partial charge is 0.416 e. The summed E-state index contributed by atoms with van der Waals surface area (Å²) in [5.41, 5.74) is 2.65. The predicted octanol–water partition coefficient (Wildman–Crippen LogP) is 5.32. The number of halogens is 3. The number of aromatic nitrogens is 2. The quantitative estimate of drug-likeness (QED) is 0.397. The summed E-state index contributed by atoms with van der Waals surface area (Å²) in [6.07, 6.45) is -2.73. The number of para-hydroxylation sites is 1. The van der Waals surface area contributed by atoms with E-state index < -0.39 is 11.7 Å². The Kier molecular flexibility index (Phi) is 8.24. The Morgan fingerprint density at radius 2 is 1.79 bits per heavy atom. The van der Waals surface area contributed by atoms with Crippen molar-refractivity contribution in [3.8, 4) is 0 Å². The van der Waals surface area contributed by atoms with Crippen molar-refractivity contribution in [2.45, 2.75) is 51.5 Å². The number of thioether (sulfide) groups is 1. The van der Waals surface area contributed by atoms with Crippen LogP contribution in [0.2, 0.25) is 0 Å². The van der Waals surface area contributed by atoms with E-state index in [2.05, 4.69) is 15.6 Å². The highest BCUT2D eigenvalue weighted by Gasteiger charge is 2.31. The molecule has 3 aromatic rings. The Hall–Kier alpha value is -3.01. The topological polar surface area (TPSA) is 76.0 Å².